The number of carbonyl (C=O) groups excluding carboxylic acids is 3. The molecule has 4 aromatic rings. The van der Waals surface area contributed by atoms with E-state index in [0.717, 1.165) is 21.6 Å². The number of ether oxygens (including phenoxy) is 1. The number of carboxylic acids is 1. The summed E-state index contributed by atoms with van der Waals surface area (Å²) in [6.07, 6.45) is 0. The molecule has 1 aromatic heterocycles. The Bertz CT molecular complexity index is 1850. The number of esters is 1. The summed E-state index contributed by atoms with van der Waals surface area (Å²) in [4.78, 5) is 61.7. The zero-order chi connectivity index (χ0) is 35.3. The van der Waals surface area contributed by atoms with Crippen LogP contribution in [-0.4, -0.2) is 74.8 Å². The number of hydrogen-bond donors (Lipinski definition) is 3. The molecule has 2 amide bonds. The number of anilines is 1. The number of thioether (sulfide) groups is 1. The van der Waals surface area contributed by atoms with Crippen molar-refractivity contribution in [3.05, 3.63) is 130 Å². The first-order chi connectivity index (χ1) is 24.2. The molecule has 0 bridgehead atoms. The first kappa shape index (κ1) is 34.4. The highest BCUT2D eigenvalue weighted by Gasteiger charge is 2.54. The maximum Gasteiger partial charge on any atom is 0.352 e. The number of carboxylic acid groups (broad SMARTS) is 1. The van der Waals surface area contributed by atoms with Crippen LogP contribution in [0.2, 0.25) is 0 Å². The zero-order valence-corrected chi connectivity index (χ0v) is 28.7. The Morgan fingerprint density at radius 3 is 2.08 bits per heavy atom. The third kappa shape index (κ3) is 6.71. The van der Waals surface area contributed by atoms with Gasteiger partial charge in [0.1, 0.15) is 41.6 Å². The van der Waals surface area contributed by atoms with Crippen LogP contribution in [0.5, 0.6) is 0 Å². The standard InChI is InChI=1S/C36H33N5O7S2/c1-3-48-40-28(31(43)38-29-32(44)41-30(34(45)46)23(19-47-22(2)42)20-49-33(29)41)27-21-50-35(37-27)39-36(24-13-7-4-8-14-24,25-15-9-5-10-16-25)26-17-11-6-12-18-26/h4-18,21,29,33H,3,19-20H2,1-2H3,(H,37,39)(H,38,43)(H,45,46)/t29-,33-/m1/s1. The lowest BCUT2D eigenvalue weighted by atomic mass is 9.77. The van der Waals surface area contributed by atoms with E-state index in [1.807, 2.05) is 91.0 Å². The van der Waals surface area contributed by atoms with Crippen molar-refractivity contribution in [2.24, 2.45) is 5.16 Å². The molecule has 3 aromatic carbocycles. The number of aliphatic carboxylic acids is 1. The van der Waals surface area contributed by atoms with E-state index in [0.29, 0.717) is 10.7 Å². The van der Waals surface area contributed by atoms with Gasteiger partial charge in [-0.05, 0) is 23.6 Å². The summed E-state index contributed by atoms with van der Waals surface area (Å²) in [5.41, 5.74) is 2.19. The first-order valence-electron chi connectivity index (χ1n) is 15.7. The lowest BCUT2D eigenvalue weighted by molar-refractivity contribution is -0.150. The fourth-order valence-corrected chi connectivity index (χ4v) is 7.99. The van der Waals surface area contributed by atoms with Crippen molar-refractivity contribution >= 4 is 57.7 Å². The molecule has 12 nitrogen and oxygen atoms in total. The molecule has 50 heavy (non-hydrogen) atoms. The van der Waals surface area contributed by atoms with Crippen LogP contribution in [0.1, 0.15) is 36.2 Å². The average Bonchev–Trinajstić information content (AvgIpc) is 3.60. The van der Waals surface area contributed by atoms with Crippen LogP contribution in [0.4, 0.5) is 5.13 Å². The number of amides is 2. The Hall–Kier alpha value is -5.47. The number of aromatic nitrogens is 1. The van der Waals surface area contributed by atoms with Crippen molar-refractivity contribution in [2.75, 3.05) is 24.3 Å². The van der Waals surface area contributed by atoms with E-state index in [2.05, 4.69) is 15.8 Å². The average molecular weight is 712 g/mol. The molecular formula is C36H33N5O7S2. The van der Waals surface area contributed by atoms with E-state index in [-0.39, 0.29) is 36.1 Å². The van der Waals surface area contributed by atoms with Gasteiger partial charge in [-0.15, -0.1) is 23.1 Å². The molecule has 0 spiro atoms. The highest BCUT2D eigenvalue weighted by Crippen LogP contribution is 2.42. The highest BCUT2D eigenvalue weighted by molar-refractivity contribution is 8.00. The normalized spacial score (nSPS) is 17.4. The Morgan fingerprint density at radius 2 is 1.56 bits per heavy atom. The number of hydrogen-bond acceptors (Lipinski definition) is 11. The van der Waals surface area contributed by atoms with Gasteiger partial charge in [-0.1, -0.05) is 96.2 Å². The van der Waals surface area contributed by atoms with Gasteiger partial charge in [-0.2, -0.15) is 0 Å². The largest absolute Gasteiger partial charge is 0.477 e. The summed E-state index contributed by atoms with van der Waals surface area (Å²) in [6.45, 7) is 2.87. The van der Waals surface area contributed by atoms with Crippen molar-refractivity contribution in [1.29, 1.82) is 0 Å². The molecule has 3 N–H and O–H groups in total. The summed E-state index contributed by atoms with van der Waals surface area (Å²) >= 11 is 2.54. The fraction of sp³-hybridized carbons (Fsp3) is 0.222. The van der Waals surface area contributed by atoms with Crippen LogP contribution in [-0.2, 0) is 34.3 Å². The summed E-state index contributed by atoms with van der Waals surface area (Å²) in [5.74, 6) is -3.01. The van der Waals surface area contributed by atoms with Crippen LogP contribution >= 0.6 is 23.1 Å². The summed E-state index contributed by atoms with van der Waals surface area (Å²) in [5, 5.41) is 21.8. The molecule has 6 rings (SSSR count). The van der Waals surface area contributed by atoms with Gasteiger partial charge < -0.3 is 25.3 Å². The van der Waals surface area contributed by atoms with E-state index in [1.165, 1.54) is 30.0 Å². The first-order valence-corrected chi connectivity index (χ1v) is 17.6. The predicted molar refractivity (Wildman–Crippen MR) is 189 cm³/mol. The second-order valence-electron chi connectivity index (χ2n) is 11.3. The maximum absolute atomic E-state index is 13.7. The molecule has 14 heteroatoms. The van der Waals surface area contributed by atoms with Gasteiger partial charge in [0, 0.05) is 23.6 Å². The number of oxime groups is 1. The number of carbonyl (C=O) groups is 4. The number of benzene rings is 3. The molecule has 0 radical (unpaired) electrons. The minimum absolute atomic E-state index is 0.141. The summed E-state index contributed by atoms with van der Waals surface area (Å²) in [7, 11) is 0. The second-order valence-corrected chi connectivity index (χ2v) is 13.2. The predicted octanol–water partition coefficient (Wildman–Crippen LogP) is 4.59. The lowest BCUT2D eigenvalue weighted by Gasteiger charge is -2.49. The number of nitrogens with zero attached hydrogens (tertiary/aromatic N) is 3. The van der Waals surface area contributed by atoms with E-state index in [9.17, 15) is 24.3 Å². The van der Waals surface area contributed by atoms with Crippen LogP contribution < -0.4 is 10.6 Å². The number of fused-ring (bicyclic) bond motifs is 1. The van der Waals surface area contributed by atoms with Crippen molar-refractivity contribution in [3.8, 4) is 0 Å². The topological polar surface area (TPSA) is 160 Å². The van der Waals surface area contributed by atoms with Crippen molar-refractivity contribution in [2.45, 2.75) is 30.8 Å². The van der Waals surface area contributed by atoms with E-state index < -0.39 is 40.7 Å². The maximum atomic E-state index is 13.7. The highest BCUT2D eigenvalue weighted by atomic mass is 32.2. The van der Waals surface area contributed by atoms with Gasteiger partial charge in [0.05, 0.1) is 0 Å². The Morgan fingerprint density at radius 1 is 0.980 bits per heavy atom. The van der Waals surface area contributed by atoms with Crippen LogP contribution in [0.25, 0.3) is 0 Å². The third-order valence-electron chi connectivity index (χ3n) is 8.15. The number of nitrogens with one attached hydrogen (secondary N) is 2. The van der Waals surface area contributed by atoms with Crippen LogP contribution in [0.15, 0.2) is 113 Å². The molecule has 0 unspecified atom stereocenters. The molecule has 2 aliphatic heterocycles. The van der Waals surface area contributed by atoms with Crippen molar-refractivity contribution < 1.29 is 33.9 Å². The SMILES string of the molecule is CCON=C(C(=O)N[C@@H]1C(=O)N2C(C(=O)O)=C(COC(C)=O)CS[C@H]12)c1csc(NC(c2ccccc2)(c2ccccc2)c2ccccc2)n1. The van der Waals surface area contributed by atoms with E-state index >= 15 is 0 Å². The van der Waals surface area contributed by atoms with Gasteiger partial charge in [0.25, 0.3) is 11.8 Å². The Kier molecular flexibility index (Phi) is 10.3. The van der Waals surface area contributed by atoms with Crippen molar-refractivity contribution in [1.82, 2.24) is 15.2 Å². The van der Waals surface area contributed by atoms with Gasteiger partial charge >= 0.3 is 11.9 Å². The minimum Gasteiger partial charge on any atom is -0.477 e. The molecule has 256 valence electrons. The summed E-state index contributed by atoms with van der Waals surface area (Å²) in [6, 6.07) is 29.0. The van der Waals surface area contributed by atoms with Gasteiger partial charge in [0.15, 0.2) is 10.8 Å². The number of thiazole rings is 1. The van der Waals surface area contributed by atoms with Crippen LogP contribution in [0, 0.1) is 0 Å². The lowest BCUT2D eigenvalue weighted by Crippen LogP contribution is -2.71. The number of β-lactam (4-membered cyclic amide) rings is 1. The van der Waals surface area contributed by atoms with Crippen molar-refractivity contribution in [3.63, 3.8) is 0 Å². The molecular weight excluding hydrogens is 679 g/mol. The molecule has 1 fully saturated rings. The molecule has 0 saturated carbocycles. The Labute approximate surface area is 296 Å². The molecule has 3 heterocycles. The molecule has 1 saturated heterocycles. The number of rotatable bonds is 13. The van der Waals surface area contributed by atoms with Gasteiger partial charge in [-0.25, -0.2) is 9.78 Å². The quantitative estimate of drug-likeness (QED) is 0.0589. The third-order valence-corrected chi connectivity index (χ3v) is 10.2. The monoisotopic (exact) mass is 711 g/mol. The van der Waals surface area contributed by atoms with Gasteiger partial charge in [0.2, 0.25) is 0 Å². The van der Waals surface area contributed by atoms with Gasteiger partial charge in [-0.3, -0.25) is 19.3 Å². The second kappa shape index (κ2) is 15.0. The minimum atomic E-state index is -1.32. The molecule has 2 atom stereocenters. The van der Waals surface area contributed by atoms with E-state index in [4.69, 9.17) is 14.6 Å². The zero-order valence-electron chi connectivity index (χ0n) is 27.1. The molecule has 0 aliphatic carbocycles. The van der Waals surface area contributed by atoms with Crippen LogP contribution in [0.3, 0.4) is 0 Å². The molecule has 2 aliphatic rings. The smallest absolute Gasteiger partial charge is 0.352 e. The Balaban J connectivity index is 1.29. The fourth-order valence-electron chi connectivity index (χ4n) is 5.91. The van der Waals surface area contributed by atoms with E-state index in [1.54, 1.807) is 12.3 Å². The summed E-state index contributed by atoms with van der Waals surface area (Å²) < 4.78 is 5.00.